The summed E-state index contributed by atoms with van der Waals surface area (Å²) in [5.74, 6) is -7.69. The van der Waals surface area contributed by atoms with Gasteiger partial charge in [-0.15, -0.1) is 0 Å². The van der Waals surface area contributed by atoms with Crippen molar-refractivity contribution in [2.45, 2.75) is 134 Å². The highest BCUT2D eigenvalue weighted by atomic mass is 16.9. The maximum Gasteiger partial charge on any atom is 0.333 e. The van der Waals surface area contributed by atoms with Gasteiger partial charge in [0.1, 0.15) is 35.6 Å². The van der Waals surface area contributed by atoms with Gasteiger partial charge in [0, 0.05) is 48.2 Å². The van der Waals surface area contributed by atoms with E-state index < -0.39 is 117 Å². The van der Waals surface area contributed by atoms with E-state index in [1.54, 1.807) is 46.8 Å². The van der Waals surface area contributed by atoms with Gasteiger partial charge < -0.3 is 47.4 Å². The molecule has 8 rings (SSSR count). The molecular formula is C40H50O15. The standard InChI is InChI=1S/C40H50O15/c1-10-21(4)30(45)52-31-34(7)18-38-36(19-49-27(43)15-24(34)36)37-13-12-33(6,28(50-22(5)41)23-11-14-48-17-23)25(16-26(42)47-9)40(37,55-35(8,53-37)54-38)32(39(31,38)46)51-29(44)20(2)3/h10-11,14,17,20,24-25,28,31-32,46H,12-13,15-16,18-19H2,1-9H3/b21-10+/t24-,25+,28+,31?,32?,33-,34+,35?,36-,37-,38?,39?,40-/m0/s1. The van der Waals surface area contributed by atoms with Crippen LogP contribution in [0.5, 0.6) is 0 Å². The number of carbonyl (C=O) groups is 5. The van der Waals surface area contributed by atoms with Gasteiger partial charge in [0.2, 0.25) is 0 Å². The van der Waals surface area contributed by atoms with E-state index in [9.17, 15) is 29.1 Å². The number of methoxy groups -OCH3 is 1. The van der Waals surface area contributed by atoms with Crippen LogP contribution < -0.4 is 0 Å². The van der Waals surface area contributed by atoms with E-state index >= 15 is 0 Å². The Morgan fingerprint density at radius 1 is 1.02 bits per heavy atom. The van der Waals surface area contributed by atoms with Crippen LogP contribution in [0, 0.1) is 34.0 Å². The monoisotopic (exact) mass is 770 g/mol. The molecule has 4 aliphatic carbocycles. The van der Waals surface area contributed by atoms with Crippen molar-refractivity contribution in [3.63, 3.8) is 0 Å². The van der Waals surface area contributed by atoms with E-state index in [1.807, 2.05) is 13.8 Å². The van der Waals surface area contributed by atoms with E-state index in [0.717, 1.165) is 0 Å². The van der Waals surface area contributed by atoms with Crippen molar-refractivity contribution in [2.75, 3.05) is 13.7 Å². The minimum atomic E-state index is -2.39. The predicted molar refractivity (Wildman–Crippen MR) is 184 cm³/mol. The number of allylic oxidation sites excluding steroid dienone is 1. The lowest BCUT2D eigenvalue weighted by molar-refractivity contribution is -0.486. The average Bonchev–Trinajstić information content (AvgIpc) is 3.83. The Balaban J connectivity index is 1.48. The Labute approximate surface area is 318 Å². The zero-order valence-electron chi connectivity index (χ0n) is 32.7. The maximum absolute atomic E-state index is 14.2. The summed E-state index contributed by atoms with van der Waals surface area (Å²) in [6.07, 6.45) is 0.137. The molecule has 3 saturated heterocycles. The smallest absolute Gasteiger partial charge is 0.333 e. The molecule has 0 radical (unpaired) electrons. The molecule has 4 bridgehead atoms. The number of ether oxygens (including phenoxy) is 8. The van der Waals surface area contributed by atoms with Crippen LogP contribution in [-0.4, -0.2) is 89.3 Å². The molecule has 300 valence electrons. The number of hydrogen-bond donors (Lipinski definition) is 1. The summed E-state index contributed by atoms with van der Waals surface area (Å²) in [6, 6.07) is 1.66. The highest BCUT2D eigenvalue weighted by molar-refractivity contribution is 5.88. The second-order valence-electron chi connectivity index (χ2n) is 17.6. The summed E-state index contributed by atoms with van der Waals surface area (Å²) in [5.41, 5.74) is -10.8. The van der Waals surface area contributed by atoms with Gasteiger partial charge in [0.25, 0.3) is 5.97 Å². The van der Waals surface area contributed by atoms with Crippen molar-refractivity contribution in [1.82, 2.24) is 0 Å². The summed E-state index contributed by atoms with van der Waals surface area (Å²) in [6.45, 7) is 12.8. The fraction of sp³-hybridized carbons (Fsp3) is 0.725. The van der Waals surface area contributed by atoms with Crippen molar-refractivity contribution in [3.8, 4) is 0 Å². The molecule has 55 heavy (non-hydrogen) atoms. The lowest BCUT2D eigenvalue weighted by Crippen LogP contribution is -2.95. The van der Waals surface area contributed by atoms with E-state index in [0.29, 0.717) is 5.56 Å². The Morgan fingerprint density at radius 2 is 1.73 bits per heavy atom. The molecule has 0 aromatic carbocycles. The number of fused-ring (bicyclic) bond motifs is 3. The van der Waals surface area contributed by atoms with Gasteiger partial charge in [-0.1, -0.05) is 33.8 Å². The van der Waals surface area contributed by atoms with Gasteiger partial charge in [-0.2, -0.15) is 0 Å². The number of esters is 5. The third-order valence-electron chi connectivity index (χ3n) is 14.8. The van der Waals surface area contributed by atoms with Gasteiger partial charge in [-0.3, -0.25) is 19.2 Å². The normalized spacial score (nSPS) is 46.4. The number of rotatable bonds is 9. The number of aliphatic hydroxyl groups is 1. The molecule has 3 spiro atoms. The molecule has 15 nitrogen and oxygen atoms in total. The molecule has 4 heterocycles. The molecule has 15 heteroatoms. The lowest BCUT2D eigenvalue weighted by atomic mass is 9.33. The van der Waals surface area contributed by atoms with Gasteiger partial charge >= 0.3 is 29.8 Å². The summed E-state index contributed by atoms with van der Waals surface area (Å²) in [4.78, 5) is 68.3. The quantitative estimate of drug-likeness (QED) is 0.215. The first kappa shape index (κ1) is 38.1. The number of carbonyl (C=O) groups excluding carboxylic acids is 5. The minimum absolute atomic E-state index is 0.0601. The fourth-order valence-corrected chi connectivity index (χ4v) is 12.9. The largest absolute Gasteiger partial charge is 0.472 e. The van der Waals surface area contributed by atoms with Crippen molar-refractivity contribution in [2.24, 2.45) is 34.0 Å². The van der Waals surface area contributed by atoms with Crippen molar-refractivity contribution in [1.29, 1.82) is 0 Å². The predicted octanol–water partition coefficient (Wildman–Crippen LogP) is 3.99. The first-order valence-electron chi connectivity index (χ1n) is 19.0. The van der Waals surface area contributed by atoms with Gasteiger partial charge in [0.05, 0.1) is 37.4 Å². The van der Waals surface area contributed by atoms with Crippen LogP contribution in [0.25, 0.3) is 0 Å². The Hall–Kier alpha value is -3.79. The van der Waals surface area contributed by atoms with Crippen LogP contribution in [0.3, 0.4) is 0 Å². The van der Waals surface area contributed by atoms with Crippen LogP contribution in [-0.2, 0) is 61.9 Å². The molecule has 3 aliphatic heterocycles. The van der Waals surface area contributed by atoms with Crippen LogP contribution in [0.1, 0.15) is 99.2 Å². The zero-order chi connectivity index (χ0) is 39.9. The van der Waals surface area contributed by atoms with Crippen LogP contribution >= 0.6 is 0 Å². The Kier molecular flexibility index (Phi) is 8.06. The van der Waals surface area contributed by atoms with Gasteiger partial charge in [0.15, 0.2) is 11.7 Å². The summed E-state index contributed by atoms with van der Waals surface area (Å²) < 4.78 is 57.4. The molecular weight excluding hydrogens is 720 g/mol. The Bertz CT molecular complexity index is 1890. The molecule has 1 aromatic rings. The van der Waals surface area contributed by atoms with E-state index in [4.69, 9.17) is 42.3 Å². The molecule has 7 aliphatic rings. The first-order valence-corrected chi connectivity index (χ1v) is 19.0. The molecule has 4 saturated carbocycles. The number of furan rings is 1. The number of cyclic esters (lactones) is 1. The van der Waals surface area contributed by atoms with E-state index in [2.05, 4.69) is 0 Å². The van der Waals surface area contributed by atoms with Gasteiger partial charge in [-0.25, -0.2) is 4.79 Å². The first-order chi connectivity index (χ1) is 25.7. The zero-order valence-corrected chi connectivity index (χ0v) is 32.7. The van der Waals surface area contributed by atoms with Crippen molar-refractivity contribution in [3.05, 3.63) is 35.8 Å². The fourth-order valence-electron chi connectivity index (χ4n) is 12.9. The molecule has 7 fully saturated rings. The SMILES string of the molecule is C/C=C(\C)C(=O)OC1C2(O)C(OC(=O)C(C)C)[C@]34OC5(C)OC26C[C@]1(C)[C@@H]1CC(=O)OC[C@@]16[C@]3(CC[C@](C)([C@H](OC(C)=O)c1ccoc1)[C@H]4CC(=O)OC)O5. The summed E-state index contributed by atoms with van der Waals surface area (Å²) in [7, 11) is 1.24. The third-order valence-corrected chi connectivity index (χ3v) is 14.8. The van der Waals surface area contributed by atoms with Crippen molar-refractivity contribution >= 4 is 29.8 Å². The highest BCUT2D eigenvalue weighted by Gasteiger charge is 3.05. The highest BCUT2D eigenvalue weighted by Crippen LogP contribution is 2.90. The second-order valence-corrected chi connectivity index (χ2v) is 17.6. The lowest BCUT2D eigenvalue weighted by Gasteiger charge is -2.77. The molecule has 5 unspecified atom stereocenters. The van der Waals surface area contributed by atoms with Crippen LogP contribution in [0.15, 0.2) is 34.7 Å². The number of hydrogen-bond acceptors (Lipinski definition) is 15. The molecule has 13 atom stereocenters. The second kappa shape index (κ2) is 11.6. The van der Waals surface area contributed by atoms with E-state index in [-0.39, 0.29) is 37.9 Å². The summed E-state index contributed by atoms with van der Waals surface area (Å²) in [5, 5.41) is 14.1. The van der Waals surface area contributed by atoms with Crippen molar-refractivity contribution < 1.29 is 71.4 Å². The summed E-state index contributed by atoms with van der Waals surface area (Å²) >= 11 is 0. The van der Waals surface area contributed by atoms with Gasteiger partial charge in [-0.05, 0) is 45.1 Å². The van der Waals surface area contributed by atoms with E-state index in [1.165, 1.54) is 26.6 Å². The Morgan fingerprint density at radius 3 is 2.35 bits per heavy atom. The average molecular weight is 771 g/mol. The maximum atomic E-state index is 14.2. The van der Waals surface area contributed by atoms with Crippen LogP contribution in [0.2, 0.25) is 0 Å². The molecule has 1 N–H and O–H groups in total. The topological polar surface area (TPSA) is 193 Å². The molecule has 0 amide bonds. The minimum Gasteiger partial charge on any atom is -0.472 e. The molecule has 1 aromatic heterocycles. The van der Waals surface area contributed by atoms with Crippen LogP contribution in [0.4, 0.5) is 0 Å². The third kappa shape index (κ3) is 4.22.